The summed E-state index contributed by atoms with van der Waals surface area (Å²) in [7, 11) is 0. The molecule has 2 atom stereocenters. The van der Waals surface area contributed by atoms with Crippen LogP contribution in [0.4, 0.5) is 0 Å². The molecule has 0 fully saturated rings. The molecule has 0 saturated carbocycles. The Bertz CT molecular complexity index is 650. The Morgan fingerprint density at radius 2 is 1.56 bits per heavy atom. The maximum Gasteiger partial charge on any atom is 0.243 e. The van der Waals surface area contributed by atoms with Gasteiger partial charge >= 0.3 is 0 Å². The van der Waals surface area contributed by atoms with Crippen molar-refractivity contribution in [3.8, 4) is 0 Å². The summed E-state index contributed by atoms with van der Waals surface area (Å²) in [5, 5.41) is 18.3. The van der Waals surface area contributed by atoms with E-state index in [1.165, 1.54) is 0 Å². The van der Waals surface area contributed by atoms with Crippen LogP contribution in [0.3, 0.4) is 0 Å². The van der Waals surface area contributed by atoms with Crippen molar-refractivity contribution in [2.75, 3.05) is 19.6 Å². The van der Waals surface area contributed by atoms with Crippen LogP contribution < -0.4 is 27.0 Å². The fourth-order valence-electron chi connectivity index (χ4n) is 2.08. The topological polar surface area (TPSA) is 163 Å². The van der Waals surface area contributed by atoms with Crippen molar-refractivity contribution < 1.29 is 24.3 Å². The number of hydrogen-bond donors (Lipinski definition) is 6. The molecule has 1 aromatic carbocycles. The van der Waals surface area contributed by atoms with Gasteiger partial charge in [0.25, 0.3) is 0 Å². The van der Waals surface area contributed by atoms with E-state index < -0.39 is 42.4 Å². The highest BCUT2D eigenvalue weighted by molar-refractivity contribution is 5.92. The first-order valence-electron chi connectivity index (χ1n) is 8.20. The second-order valence-corrected chi connectivity index (χ2v) is 5.59. The molecule has 7 N–H and O–H groups in total. The number of aliphatic hydroxyl groups is 1. The van der Waals surface area contributed by atoms with E-state index in [4.69, 9.17) is 10.8 Å². The molecular formula is C17H24N5O5. The van der Waals surface area contributed by atoms with Crippen LogP contribution in [0.5, 0.6) is 0 Å². The quantitative estimate of drug-likeness (QED) is 0.240. The first kappa shape index (κ1) is 22.1. The summed E-state index contributed by atoms with van der Waals surface area (Å²) in [5.74, 6) is -2.31. The van der Waals surface area contributed by atoms with Crippen molar-refractivity contribution in [1.29, 1.82) is 0 Å². The predicted octanol–water partition coefficient (Wildman–Crippen LogP) is -2.83. The maximum absolute atomic E-state index is 12.4. The van der Waals surface area contributed by atoms with Crippen LogP contribution >= 0.6 is 0 Å². The molecule has 1 aromatic rings. The van der Waals surface area contributed by atoms with E-state index in [9.17, 15) is 19.2 Å². The SMILES string of the molecule is [CH2]C(O)NC(=O)CNC(=O)[C@H](Cc1ccccc1)NC(=O)CNC(=O)CN. The summed E-state index contributed by atoms with van der Waals surface area (Å²) in [6, 6.07) is 8.00. The Morgan fingerprint density at radius 1 is 0.963 bits per heavy atom. The molecule has 0 aromatic heterocycles. The lowest BCUT2D eigenvalue weighted by molar-refractivity contribution is -0.131. The molecule has 1 unspecified atom stereocenters. The zero-order valence-corrected chi connectivity index (χ0v) is 14.7. The van der Waals surface area contributed by atoms with Crippen molar-refractivity contribution >= 4 is 23.6 Å². The predicted molar refractivity (Wildman–Crippen MR) is 96.7 cm³/mol. The number of rotatable bonds is 10. The molecule has 0 aliphatic carbocycles. The van der Waals surface area contributed by atoms with Crippen LogP contribution in [0.25, 0.3) is 0 Å². The van der Waals surface area contributed by atoms with Gasteiger partial charge in [-0.3, -0.25) is 19.2 Å². The van der Waals surface area contributed by atoms with Gasteiger partial charge in [-0.15, -0.1) is 0 Å². The lowest BCUT2D eigenvalue weighted by Gasteiger charge is -2.19. The van der Waals surface area contributed by atoms with Crippen molar-refractivity contribution in [1.82, 2.24) is 21.3 Å². The Labute approximate surface area is 156 Å². The number of amides is 4. The van der Waals surface area contributed by atoms with Gasteiger partial charge in [0.1, 0.15) is 12.3 Å². The van der Waals surface area contributed by atoms with Crippen LogP contribution in [-0.2, 0) is 25.6 Å². The van der Waals surface area contributed by atoms with E-state index in [1.807, 2.05) is 6.07 Å². The number of nitrogens with one attached hydrogen (secondary N) is 4. The molecule has 1 rings (SSSR count). The van der Waals surface area contributed by atoms with Gasteiger partial charge in [0.15, 0.2) is 0 Å². The molecule has 1 radical (unpaired) electrons. The van der Waals surface area contributed by atoms with E-state index in [1.54, 1.807) is 24.3 Å². The molecule has 0 heterocycles. The third-order valence-corrected chi connectivity index (χ3v) is 3.32. The van der Waals surface area contributed by atoms with Gasteiger partial charge in [0, 0.05) is 6.42 Å². The summed E-state index contributed by atoms with van der Waals surface area (Å²) in [5.41, 5.74) is 5.94. The summed E-state index contributed by atoms with van der Waals surface area (Å²) in [4.78, 5) is 47.0. The second kappa shape index (κ2) is 11.6. The lowest BCUT2D eigenvalue weighted by Crippen LogP contribution is -2.52. The Hall–Kier alpha value is -2.98. The number of aliphatic hydroxyl groups excluding tert-OH is 1. The second-order valence-electron chi connectivity index (χ2n) is 5.59. The molecule has 27 heavy (non-hydrogen) atoms. The van der Waals surface area contributed by atoms with E-state index >= 15 is 0 Å². The first-order chi connectivity index (χ1) is 12.8. The number of benzene rings is 1. The monoisotopic (exact) mass is 378 g/mol. The normalized spacial score (nSPS) is 12.4. The average molecular weight is 378 g/mol. The minimum absolute atomic E-state index is 0.183. The molecule has 0 spiro atoms. The van der Waals surface area contributed by atoms with E-state index in [0.29, 0.717) is 0 Å². The fraction of sp³-hybridized carbons (Fsp3) is 0.353. The molecule has 10 heteroatoms. The van der Waals surface area contributed by atoms with Crippen molar-refractivity contribution in [3.05, 3.63) is 42.8 Å². The zero-order chi connectivity index (χ0) is 20.2. The van der Waals surface area contributed by atoms with E-state index in [2.05, 4.69) is 28.2 Å². The number of carbonyl (C=O) groups is 4. The number of carbonyl (C=O) groups excluding carboxylic acids is 4. The Morgan fingerprint density at radius 3 is 2.15 bits per heavy atom. The minimum Gasteiger partial charge on any atom is -0.374 e. The van der Waals surface area contributed by atoms with E-state index in [0.717, 1.165) is 5.56 Å². The van der Waals surface area contributed by atoms with Crippen LogP contribution in [0, 0.1) is 6.92 Å². The molecular weight excluding hydrogens is 354 g/mol. The number of hydrogen-bond acceptors (Lipinski definition) is 6. The van der Waals surface area contributed by atoms with Gasteiger partial charge in [-0.1, -0.05) is 30.3 Å². The van der Waals surface area contributed by atoms with Gasteiger partial charge in [0.2, 0.25) is 23.6 Å². The highest BCUT2D eigenvalue weighted by Gasteiger charge is 2.22. The third kappa shape index (κ3) is 9.33. The summed E-state index contributed by atoms with van der Waals surface area (Å²) < 4.78 is 0. The zero-order valence-electron chi connectivity index (χ0n) is 14.7. The molecule has 0 aliphatic rings. The standard InChI is InChI=1S/C17H24N5O5/c1-11(23)21-15(25)10-20-17(27)13(7-12-5-3-2-4-6-12)22-16(26)9-19-14(24)8-18/h2-6,11,13,23H,1,7-10,18H2,(H,19,24)(H,20,27)(H,21,25)(H,22,26)/t11?,13-/m0/s1. The highest BCUT2D eigenvalue weighted by Crippen LogP contribution is 2.03. The van der Waals surface area contributed by atoms with Crippen LogP contribution in [-0.4, -0.2) is 60.6 Å². The first-order valence-corrected chi connectivity index (χ1v) is 8.20. The maximum atomic E-state index is 12.4. The Balaban J connectivity index is 2.69. The van der Waals surface area contributed by atoms with E-state index in [-0.39, 0.29) is 19.5 Å². The summed E-state index contributed by atoms with van der Waals surface area (Å²) in [6.45, 7) is 2.21. The third-order valence-electron chi connectivity index (χ3n) is 3.32. The van der Waals surface area contributed by atoms with Crippen LogP contribution in [0.1, 0.15) is 5.56 Å². The lowest BCUT2D eigenvalue weighted by atomic mass is 10.1. The van der Waals surface area contributed by atoms with Crippen molar-refractivity contribution in [3.63, 3.8) is 0 Å². The van der Waals surface area contributed by atoms with Crippen LogP contribution in [0.2, 0.25) is 0 Å². The molecule has 0 aliphatic heterocycles. The average Bonchev–Trinajstić information content (AvgIpc) is 2.63. The van der Waals surface area contributed by atoms with Gasteiger partial charge < -0.3 is 32.1 Å². The van der Waals surface area contributed by atoms with Crippen LogP contribution in [0.15, 0.2) is 30.3 Å². The summed E-state index contributed by atoms with van der Waals surface area (Å²) >= 11 is 0. The molecule has 147 valence electrons. The largest absolute Gasteiger partial charge is 0.374 e. The number of nitrogens with two attached hydrogens (primary N) is 1. The molecule has 0 bridgehead atoms. The van der Waals surface area contributed by atoms with Gasteiger partial charge in [0.05, 0.1) is 19.6 Å². The molecule has 10 nitrogen and oxygen atoms in total. The molecule has 4 amide bonds. The van der Waals surface area contributed by atoms with Gasteiger partial charge in [-0.25, -0.2) is 0 Å². The van der Waals surface area contributed by atoms with Crippen molar-refractivity contribution in [2.24, 2.45) is 5.73 Å². The highest BCUT2D eigenvalue weighted by atomic mass is 16.3. The molecule has 0 saturated heterocycles. The Kier molecular flexibility index (Phi) is 9.48. The smallest absolute Gasteiger partial charge is 0.243 e. The minimum atomic E-state index is -1.29. The van der Waals surface area contributed by atoms with Gasteiger partial charge in [-0.05, 0) is 12.5 Å². The van der Waals surface area contributed by atoms with Gasteiger partial charge in [-0.2, -0.15) is 0 Å². The van der Waals surface area contributed by atoms with Crippen molar-refractivity contribution in [2.45, 2.75) is 18.7 Å². The fourth-order valence-corrected chi connectivity index (χ4v) is 2.08. The summed E-state index contributed by atoms with van der Waals surface area (Å²) in [6.07, 6.45) is -1.11.